The van der Waals surface area contributed by atoms with E-state index in [1.165, 1.54) is 0 Å². The summed E-state index contributed by atoms with van der Waals surface area (Å²) >= 11 is 2.16. The molecule has 1 amide bonds. The monoisotopic (exact) mass is 348 g/mol. The lowest BCUT2D eigenvalue weighted by molar-refractivity contribution is 0.102. The van der Waals surface area contributed by atoms with Gasteiger partial charge in [-0.3, -0.25) is 4.79 Å². The number of rotatable bonds is 2. The molecule has 4 heteroatoms. The van der Waals surface area contributed by atoms with Gasteiger partial charge >= 0.3 is 0 Å². The molecule has 2 rings (SSSR count). The largest absolute Gasteiger partial charge is 0.322 e. The summed E-state index contributed by atoms with van der Waals surface area (Å²) in [4.78, 5) is 11.9. The zero-order chi connectivity index (χ0) is 13.0. The van der Waals surface area contributed by atoms with Gasteiger partial charge in [0.15, 0.2) is 0 Å². The van der Waals surface area contributed by atoms with Crippen molar-refractivity contribution in [3.63, 3.8) is 0 Å². The summed E-state index contributed by atoms with van der Waals surface area (Å²) in [6.07, 6.45) is 0. The van der Waals surface area contributed by atoms with Crippen LogP contribution in [0.15, 0.2) is 48.5 Å². The lowest BCUT2D eigenvalue weighted by atomic mass is 10.2. The van der Waals surface area contributed by atoms with Gasteiger partial charge < -0.3 is 5.32 Å². The van der Waals surface area contributed by atoms with E-state index < -0.39 is 0 Å². The Labute approximate surface area is 119 Å². The number of hydrogen-bond acceptors (Lipinski definition) is 2. The normalized spacial score (nSPS) is 9.56. The number of carbonyl (C=O) groups excluding carboxylic acids is 1. The summed E-state index contributed by atoms with van der Waals surface area (Å²) in [6, 6.07) is 16.2. The Morgan fingerprint density at radius 2 is 1.89 bits per heavy atom. The quantitative estimate of drug-likeness (QED) is 0.846. The number of benzene rings is 2. The van der Waals surface area contributed by atoms with Gasteiger partial charge in [0.05, 0.1) is 11.6 Å². The second-order valence-corrected chi connectivity index (χ2v) is 4.90. The summed E-state index contributed by atoms with van der Waals surface area (Å²) in [5, 5.41) is 11.5. The molecule has 0 heterocycles. The van der Waals surface area contributed by atoms with Crippen LogP contribution in [0, 0.1) is 14.9 Å². The molecule has 0 atom stereocenters. The Bertz CT molecular complexity index is 614. The maximum absolute atomic E-state index is 11.9. The van der Waals surface area contributed by atoms with Gasteiger partial charge in [-0.05, 0) is 65.1 Å². The number of nitrogens with zero attached hydrogens (tertiary/aromatic N) is 1. The number of hydrogen-bond donors (Lipinski definition) is 1. The first-order valence-electron chi connectivity index (χ1n) is 5.26. The van der Waals surface area contributed by atoms with Crippen LogP contribution in [-0.4, -0.2) is 5.91 Å². The highest BCUT2D eigenvalue weighted by Gasteiger charge is 2.05. The highest BCUT2D eigenvalue weighted by Crippen LogP contribution is 2.12. The minimum atomic E-state index is -0.154. The molecule has 0 aromatic heterocycles. The second-order valence-electron chi connectivity index (χ2n) is 3.65. The number of halogens is 1. The molecule has 0 fully saturated rings. The third-order valence-electron chi connectivity index (χ3n) is 2.36. The summed E-state index contributed by atoms with van der Waals surface area (Å²) in [7, 11) is 0. The maximum atomic E-state index is 11.9. The van der Waals surface area contributed by atoms with E-state index in [1.54, 1.807) is 30.3 Å². The SMILES string of the molecule is N#Cc1ccc(NC(=O)c2cccc(I)c2)cc1. The van der Waals surface area contributed by atoms with Gasteiger partial charge in [0.25, 0.3) is 5.91 Å². The van der Waals surface area contributed by atoms with E-state index >= 15 is 0 Å². The molecular weight excluding hydrogens is 339 g/mol. The molecule has 0 bridgehead atoms. The van der Waals surface area contributed by atoms with Crippen molar-refractivity contribution in [1.29, 1.82) is 5.26 Å². The zero-order valence-electron chi connectivity index (χ0n) is 9.35. The molecule has 0 saturated carbocycles. The fraction of sp³-hybridized carbons (Fsp3) is 0. The van der Waals surface area contributed by atoms with Crippen molar-refractivity contribution in [2.24, 2.45) is 0 Å². The van der Waals surface area contributed by atoms with Crippen molar-refractivity contribution in [2.45, 2.75) is 0 Å². The molecule has 2 aromatic carbocycles. The third-order valence-corrected chi connectivity index (χ3v) is 3.03. The average Bonchev–Trinajstić information content (AvgIpc) is 2.39. The highest BCUT2D eigenvalue weighted by molar-refractivity contribution is 14.1. The van der Waals surface area contributed by atoms with E-state index in [1.807, 2.05) is 24.3 Å². The van der Waals surface area contributed by atoms with Crippen LogP contribution >= 0.6 is 22.6 Å². The van der Waals surface area contributed by atoms with Crippen LogP contribution in [-0.2, 0) is 0 Å². The molecule has 1 N–H and O–H groups in total. The van der Waals surface area contributed by atoms with Crippen LogP contribution in [0.1, 0.15) is 15.9 Å². The number of nitrogens with one attached hydrogen (secondary N) is 1. The first-order valence-corrected chi connectivity index (χ1v) is 6.34. The van der Waals surface area contributed by atoms with Crippen LogP contribution in [0.4, 0.5) is 5.69 Å². The van der Waals surface area contributed by atoms with Crippen LogP contribution in [0.5, 0.6) is 0 Å². The van der Waals surface area contributed by atoms with Crippen molar-refractivity contribution < 1.29 is 4.79 Å². The Balaban J connectivity index is 2.14. The predicted octanol–water partition coefficient (Wildman–Crippen LogP) is 3.42. The lowest BCUT2D eigenvalue weighted by Crippen LogP contribution is -2.11. The zero-order valence-corrected chi connectivity index (χ0v) is 11.5. The first kappa shape index (κ1) is 12.6. The van der Waals surface area contributed by atoms with Crippen LogP contribution in [0.3, 0.4) is 0 Å². The average molecular weight is 348 g/mol. The summed E-state index contributed by atoms with van der Waals surface area (Å²) < 4.78 is 1.01. The van der Waals surface area contributed by atoms with Crippen LogP contribution in [0.25, 0.3) is 0 Å². The van der Waals surface area contributed by atoms with Gasteiger partial charge in [-0.2, -0.15) is 5.26 Å². The van der Waals surface area contributed by atoms with Crippen LogP contribution in [0.2, 0.25) is 0 Å². The fourth-order valence-corrected chi connectivity index (χ4v) is 2.00. The third kappa shape index (κ3) is 3.08. The van der Waals surface area contributed by atoms with Gasteiger partial charge in [-0.25, -0.2) is 0 Å². The smallest absolute Gasteiger partial charge is 0.255 e. The second kappa shape index (κ2) is 5.65. The summed E-state index contributed by atoms with van der Waals surface area (Å²) in [6.45, 7) is 0. The van der Waals surface area contributed by atoms with E-state index in [-0.39, 0.29) is 5.91 Å². The van der Waals surface area contributed by atoms with Crippen molar-refractivity contribution in [3.05, 3.63) is 63.2 Å². The van der Waals surface area contributed by atoms with Crippen molar-refractivity contribution in [2.75, 3.05) is 5.32 Å². The number of nitriles is 1. The Morgan fingerprint density at radius 3 is 2.50 bits per heavy atom. The molecule has 0 radical (unpaired) electrons. The molecule has 18 heavy (non-hydrogen) atoms. The van der Waals surface area contributed by atoms with Crippen molar-refractivity contribution >= 4 is 34.2 Å². The number of amides is 1. The van der Waals surface area contributed by atoms with Crippen molar-refractivity contribution in [3.8, 4) is 6.07 Å². The van der Waals surface area contributed by atoms with Gasteiger partial charge in [0, 0.05) is 14.8 Å². The molecular formula is C14H9IN2O. The molecule has 2 aromatic rings. The summed E-state index contributed by atoms with van der Waals surface area (Å²) in [5.74, 6) is -0.154. The standard InChI is InChI=1S/C14H9IN2O/c15-12-3-1-2-11(8-12)14(18)17-13-6-4-10(9-16)5-7-13/h1-8H,(H,17,18). The molecule has 88 valence electrons. The lowest BCUT2D eigenvalue weighted by Gasteiger charge is -2.05. The van der Waals surface area contributed by atoms with Crippen molar-refractivity contribution in [1.82, 2.24) is 0 Å². The topological polar surface area (TPSA) is 52.9 Å². The van der Waals surface area contributed by atoms with Gasteiger partial charge in [-0.15, -0.1) is 0 Å². The maximum Gasteiger partial charge on any atom is 0.255 e. The number of carbonyl (C=O) groups is 1. The van der Waals surface area contributed by atoms with E-state index in [9.17, 15) is 4.79 Å². The Morgan fingerprint density at radius 1 is 1.17 bits per heavy atom. The summed E-state index contributed by atoms with van der Waals surface area (Å²) in [5.41, 5.74) is 1.87. The van der Waals surface area contributed by atoms with Gasteiger partial charge in [0.2, 0.25) is 0 Å². The Hall–Kier alpha value is -1.87. The molecule has 0 unspecified atom stereocenters. The van der Waals surface area contributed by atoms with Crippen LogP contribution < -0.4 is 5.32 Å². The molecule has 3 nitrogen and oxygen atoms in total. The molecule has 0 saturated heterocycles. The minimum Gasteiger partial charge on any atom is -0.322 e. The highest BCUT2D eigenvalue weighted by atomic mass is 127. The molecule has 0 aliphatic rings. The fourth-order valence-electron chi connectivity index (χ4n) is 1.46. The van der Waals surface area contributed by atoms with E-state index in [4.69, 9.17) is 5.26 Å². The molecule has 0 spiro atoms. The van der Waals surface area contributed by atoms with E-state index in [0.717, 1.165) is 3.57 Å². The van der Waals surface area contributed by atoms with Gasteiger partial charge in [0.1, 0.15) is 0 Å². The van der Waals surface area contributed by atoms with Gasteiger partial charge in [-0.1, -0.05) is 6.07 Å². The predicted molar refractivity (Wildman–Crippen MR) is 78.3 cm³/mol. The minimum absolute atomic E-state index is 0.154. The van der Waals surface area contributed by atoms with E-state index in [0.29, 0.717) is 16.8 Å². The Kier molecular flexibility index (Phi) is 3.95. The van der Waals surface area contributed by atoms with E-state index in [2.05, 4.69) is 27.9 Å². The molecule has 0 aliphatic heterocycles. The molecule has 0 aliphatic carbocycles. The first-order chi connectivity index (χ1) is 8.69. The number of anilines is 1.